The van der Waals surface area contributed by atoms with Gasteiger partial charge in [-0.1, -0.05) is 37.3 Å². The van der Waals surface area contributed by atoms with Gasteiger partial charge in [0.2, 0.25) is 0 Å². The molecule has 0 rings (SSSR count). The van der Waals surface area contributed by atoms with Gasteiger partial charge in [-0.2, -0.15) is 0 Å². The van der Waals surface area contributed by atoms with Gasteiger partial charge in [-0.05, 0) is 33.6 Å². The lowest BCUT2D eigenvalue weighted by molar-refractivity contribution is -0.147. The fourth-order valence-corrected chi connectivity index (χ4v) is 1.91. The Labute approximate surface area is 127 Å². The molecule has 0 spiro atoms. The Hall–Kier alpha value is -0.770. The molecular weight excluding hydrogens is 280 g/mol. The van der Waals surface area contributed by atoms with Gasteiger partial charge in [0.25, 0.3) is 0 Å². The minimum absolute atomic E-state index is 0.0297. The summed E-state index contributed by atoms with van der Waals surface area (Å²) in [4.78, 5) is 22.5. The van der Waals surface area contributed by atoms with Crippen molar-refractivity contribution in [1.29, 1.82) is 0 Å². The minimum atomic E-state index is -0.548. The van der Waals surface area contributed by atoms with Crippen LogP contribution in [0.1, 0.15) is 72.1 Å². The average Bonchev–Trinajstić information content (AvgIpc) is 2.30. The fraction of sp³-hybridized carbons (Fsp3) is 0.867. The molecule has 0 aromatic heterocycles. The molecule has 0 fully saturated rings. The lowest BCUT2D eigenvalue weighted by Crippen LogP contribution is -2.10. The average molecular weight is 307 g/mol. The van der Waals surface area contributed by atoms with Crippen molar-refractivity contribution < 1.29 is 19.1 Å². The Morgan fingerprint density at radius 3 is 1.60 bits per heavy atom. The molecule has 0 N–H and O–H groups in total. The maximum Gasteiger partial charge on any atom is 0.307 e. The Morgan fingerprint density at radius 2 is 1.20 bits per heavy atom. The number of carbonyl (C=O) groups excluding carboxylic acids is 2. The van der Waals surface area contributed by atoms with Crippen molar-refractivity contribution in [1.82, 2.24) is 0 Å². The Bertz CT molecular complexity index is 249. The predicted molar refractivity (Wildman–Crippen MR) is 79.6 cm³/mol. The molecule has 20 heavy (non-hydrogen) atoms. The highest BCUT2D eigenvalue weighted by Gasteiger charge is 2.06. The summed E-state index contributed by atoms with van der Waals surface area (Å²) in [7, 11) is 0. The number of carbonyl (C=O) groups is 2. The number of alkyl halides is 1. The van der Waals surface area contributed by atoms with E-state index in [1.807, 2.05) is 13.8 Å². The molecule has 0 aromatic rings. The maximum atomic E-state index is 11.3. The zero-order valence-corrected chi connectivity index (χ0v) is 13.6. The molecule has 0 aromatic carbocycles. The molecule has 0 bridgehead atoms. The van der Waals surface area contributed by atoms with Crippen LogP contribution in [0.3, 0.4) is 0 Å². The Kier molecular flexibility index (Phi) is 11.5. The van der Waals surface area contributed by atoms with Crippen LogP contribution >= 0.6 is 11.6 Å². The first-order valence-electron chi connectivity index (χ1n) is 7.45. The van der Waals surface area contributed by atoms with E-state index in [4.69, 9.17) is 21.1 Å². The number of halogens is 1. The van der Waals surface area contributed by atoms with Gasteiger partial charge < -0.3 is 9.47 Å². The molecule has 0 heterocycles. The SMILES string of the molecule is CC(C)OC(=O)CCCCCCCCC(=O)OC(C)Cl. The Balaban J connectivity index is 3.29. The van der Waals surface area contributed by atoms with Crippen LogP contribution in [0.25, 0.3) is 0 Å². The summed E-state index contributed by atoms with van der Waals surface area (Å²) >= 11 is 5.55. The highest BCUT2D eigenvalue weighted by atomic mass is 35.5. The number of hydrogen-bond donors (Lipinski definition) is 0. The van der Waals surface area contributed by atoms with Crippen LogP contribution in [0, 0.1) is 0 Å². The van der Waals surface area contributed by atoms with Gasteiger partial charge in [0, 0.05) is 12.8 Å². The van der Waals surface area contributed by atoms with Gasteiger partial charge in [0.15, 0.2) is 5.56 Å². The van der Waals surface area contributed by atoms with Crippen molar-refractivity contribution in [2.75, 3.05) is 0 Å². The predicted octanol–water partition coefficient (Wildman–Crippen LogP) is 4.19. The van der Waals surface area contributed by atoms with Gasteiger partial charge in [0.05, 0.1) is 6.10 Å². The third kappa shape index (κ3) is 13.7. The highest BCUT2D eigenvalue weighted by Crippen LogP contribution is 2.10. The molecule has 4 nitrogen and oxygen atoms in total. The van der Waals surface area contributed by atoms with Crippen LogP contribution in [0.15, 0.2) is 0 Å². The molecule has 0 saturated carbocycles. The van der Waals surface area contributed by atoms with E-state index in [0.29, 0.717) is 12.8 Å². The first-order valence-corrected chi connectivity index (χ1v) is 7.88. The van der Waals surface area contributed by atoms with Crippen molar-refractivity contribution >= 4 is 23.5 Å². The van der Waals surface area contributed by atoms with E-state index in [-0.39, 0.29) is 18.0 Å². The second-order valence-corrected chi connectivity index (χ2v) is 5.81. The number of hydrogen-bond acceptors (Lipinski definition) is 4. The molecule has 1 atom stereocenters. The van der Waals surface area contributed by atoms with Gasteiger partial charge in [-0.3, -0.25) is 9.59 Å². The van der Waals surface area contributed by atoms with Gasteiger partial charge in [0.1, 0.15) is 0 Å². The lowest BCUT2D eigenvalue weighted by Gasteiger charge is -2.07. The summed E-state index contributed by atoms with van der Waals surface area (Å²) in [5, 5.41) is 0. The number of esters is 2. The zero-order chi connectivity index (χ0) is 15.4. The minimum Gasteiger partial charge on any atom is -0.463 e. The van der Waals surface area contributed by atoms with Gasteiger partial charge >= 0.3 is 11.9 Å². The monoisotopic (exact) mass is 306 g/mol. The summed E-state index contributed by atoms with van der Waals surface area (Å²) in [5.41, 5.74) is -0.548. The van der Waals surface area contributed by atoms with Crippen LogP contribution in [-0.4, -0.2) is 23.6 Å². The smallest absolute Gasteiger partial charge is 0.307 e. The van der Waals surface area contributed by atoms with Crippen molar-refractivity contribution in [3.63, 3.8) is 0 Å². The summed E-state index contributed by atoms with van der Waals surface area (Å²) in [6.07, 6.45) is 6.78. The van der Waals surface area contributed by atoms with Crippen molar-refractivity contribution in [2.24, 2.45) is 0 Å². The summed E-state index contributed by atoms with van der Waals surface area (Å²) in [6.45, 7) is 5.34. The molecule has 118 valence electrons. The largest absolute Gasteiger partial charge is 0.463 e. The van der Waals surface area contributed by atoms with Crippen molar-refractivity contribution in [3.05, 3.63) is 0 Å². The van der Waals surface area contributed by atoms with Crippen LogP contribution in [0.5, 0.6) is 0 Å². The van der Waals surface area contributed by atoms with E-state index in [9.17, 15) is 9.59 Å². The van der Waals surface area contributed by atoms with E-state index < -0.39 is 5.56 Å². The second-order valence-electron chi connectivity index (χ2n) is 5.19. The topological polar surface area (TPSA) is 52.6 Å². The van der Waals surface area contributed by atoms with Crippen LogP contribution in [0.2, 0.25) is 0 Å². The number of ether oxygens (including phenoxy) is 2. The number of rotatable bonds is 11. The maximum absolute atomic E-state index is 11.3. The molecular formula is C15H27ClO4. The first-order chi connectivity index (χ1) is 9.41. The van der Waals surface area contributed by atoms with E-state index in [1.165, 1.54) is 0 Å². The molecule has 0 aliphatic rings. The second kappa shape index (κ2) is 12.0. The zero-order valence-electron chi connectivity index (χ0n) is 12.8. The van der Waals surface area contributed by atoms with Crippen LogP contribution in [-0.2, 0) is 19.1 Å². The van der Waals surface area contributed by atoms with Gasteiger partial charge in [-0.15, -0.1) is 0 Å². The molecule has 0 aliphatic carbocycles. The highest BCUT2D eigenvalue weighted by molar-refractivity contribution is 6.19. The van der Waals surface area contributed by atoms with E-state index in [1.54, 1.807) is 6.92 Å². The van der Waals surface area contributed by atoms with E-state index >= 15 is 0 Å². The fourth-order valence-electron chi connectivity index (χ4n) is 1.81. The molecule has 0 saturated heterocycles. The molecule has 5 heteroatoms. The van der Waals surface area contributed by atoms with Crippen LogP contribution in [0.4, 0.5) is 0 Å². The third-order valence-corrected chi connectivity index (χ3v) is 2.76. The summed E-state index contributed by atoms with van der Waals surface area (Å²) in [6, 6.07) is 0. The third-order valence-electron chi connectivity index (χ3n) is 2.67. The standard InChI is InChI=1S/C15H27ClO4/c1-12(2)19-14(17)10-8-6-4-5-7-9-11-15(18)20-13(3)16/h12-13H,4-11H2,1-3H3. The lowest BCUT2D eigenvalue weighted by atomic mass is 10.1. The molecule has 0 radical (unpaired) electrons. The Morgan fingerprint density at radius 1 is 0.800 bits per heavy atom. The van der Waals surface area contributed by atoms with Crippen LogP contribution < -0.4 is 0 Å². The quantitative estimate of drug-likeness (QED) is 0.326. The molecule has 0 aliphatic heterocycles. The van der Waals surface area contributed by atoms with E-state index in [2.05, 4.69) is 0 Å². The van der Waals surface area contributed by atoms with Crippen molar-refractivity contribution in [2.45, 2.75) is 83.8 Å². The molecule has 1 unspecified atom stereocenters. The molecule has 0 amide bonds. The summed E-state index contributed by atoms with van der Waals surface area (Å²) < 4.78 is 9.88. The van der Waals surface area contributed by atoms with E-state index in [0.717, 1.165) is 38.5 Å². The summed E-state index contributed by atoms with van der Waals surface area (Å²) in [5.74, 6) is -0.345. The number of unbranched alkanes of at least 4 members (excludes halogenated alkanes) is 5. The normalized spacial score (nSPS) is 12.2. The van der Waals surface area contributed by atoms with Crippen molar-refractivity contribution in [3.8, 4) is 0 Å². The van der Waals surface area contributed by atoms with Gasteiger partial charge in [-0.25, -0.2) is 0 Å². The first kappa shape index (κ1) is 19.2.